The van der Waals surface area contributed by atoms with E-state index < -0.39 is 0 Å². The van der Waals surface area contributed by atoms with E-state index >= 15 is 0 Å². The van der Waals surface area contributed by atoms with Gasteiger partial charge < -0.3 is 19.4 Å². The number of unbranched alkanes of at least 4 members (excludes halogenated alkanes) is 14. The second-order valence-corrected chi connectivity index (χ2v) is 13.3. The Balaban J connectivity index is 0.00000463. The fraction of sp³-hybridized carbons (Fsp3) is 0.574. The summed E-state index contributed by atoms with van der Waals surface area (Å²) < 4.78 is 1.55. The zero-order valence-electron chi connectivity index (χ0n) is 33.2. The van der Waals surface area contributed by atoms with Gasteiger partial charge >= 0.3 is 20.4 Å². The van der Waals surface area contributed by atoms with E-state index in [4.69, 9.17) is 0 Å². The molecule has 0 spiro atoms. The normalized spacial score (nSPS) is 12.5. The maximum atomic E-state index is 12.1. The van der Waals surface area contributed by atoms with Crippen LogP contribution in [-0.4, -0.2) is 4.70 Å². The number of benzene rings is 2. The van der Waals surface area contributed by atoms with Crippen LogP contribution in [-0.2, 0) is 33.3 Å². The molecule has 0 bridgehead atoms. The summed E-state index contributed by atoms with van der Waals surface area (Å²) in [6.45, 7) is 19.1. The summed E-state index contributed by atoms with van der Waals surface area (Å²) in [5, 5.41) is 0. The van der Waals surface area contributed by atoms with Gasteiger partial charge in [0.25, 0.3) is 0 Å². The molecular weight excluding hydrogens is 699 g/mol. The quantitative estimate of drug-likeness (QED) is 0.0439. The Hall–Kier alpha value is -2.08. The summed E-state index contributed by atoms with van der Waals surface area (Å²) in [5.74, 6) is 0. The maximum absolute atomic E-state index is 12.1. The first kappa shape index (κ1) is 47.9. The molecule has 0 aromatic heterocycles. The van der Waals surface area contributed by atoms with Crippen LogP contribution in [0.1, 0.15) is 186 Å². The first-order chi connectivity index (χ1) is 24.1. The van der Waals surface area contributed by atoms with Crippen molar-refractivity contribution < 1.29 is 25.1 Å². The van der Waals surface area contributed by atoms with Crippen LogP contribution in [0.3, 0.4) is 0 Å². The van der Waals surface area contributed by atoms with Crippen LogP contribution < -0.4 is 0 Å². The van der Waals surface area contributed by atoms with Crippen molar-refractivity contribution >= 4 is 11.4 Å². The topological polar surface area (TPSA) is 25.3 Å². The molecular formula is C47H74N2Pd. The van der Waals surface area contributed by atoms with Crippen molar-refractivity contribution in [2.45, 2.75) is 176 Å². The van der Waals surface area contributed by atoms with Crippen molar-refractivity contribution in [2.75, 3.05) is 0 Å². The molecule has 50 heavy (non-hydrogen) atoms. The molecule has 2 aromatic rings. The zero-order chi connectivity index (χ0) is 36.1. The Kier molecular flexibility index (Phi) is 30.3. The molecule has 1 aliphatic rings. The summed E-state index contributed by atoms with van der Waals surface area (Å²) in [4.78, 5) is 0. The van der Waals surface area contributed by atoms with Crippen molar-refractivity contribution in [3.8, 4) is 0 Å². The molecule has 1 heterocycles. The van der Waals surface area contributed by atoms with Gasteiger partial charge in [-0.2, -0.15) is 13.8 Å². The number of allylic oxidation sites excluding steroid dienone is 4. The average Bonchev–Trinajstić information content (AvgIpc) is 3.42. The molecule has 0 N–H and O–H groups in total. The monoisotopic (exact) mass is 772 g/mol. The van der Waals surface area contributed by atoms with E-state index in [9.17, 15) is 5.53 Å². The Morgan fingerprint density at radius 1 is 0.540 bits per heavy atom. The molecule has 0 aliphatic carbocycles. The number of rotatable bonds is 24. The van der Waals surface area contributed by atoms with Gasteiger partial charge in [-0.15, -0.1) is 0 Å². The predicted octanol–water partition coefficient (Wildman–Crippen LogP) is 15.7. The number of hydrogen-bond donors (Lipinski definition) is 0. The molecule has 2 nitrogen and oxygen atoms in total. The van der Waals surface area contributed by atoms with E-state index in [1.54, 1.807) is 18.5 Å². The van der Waals surface area contributed by atoms with Gasteiger partial charge in [-0.1, -0.05) is 148 Å². The summed E-state index contributed by atoms with van der Waals surface area (Å²) >= 11 is 0. The molecule has 1 aliphatic heterocycles. The SMILES string of the molecule is CCCCCCCCCCCC=CC1=C(c2cccc(CCCC)c2)[N+](=[N-])C(c2cccc(CCCC)c2)=C1CCCCCC.[CH2-]C.[CH2-]C.[Pd+2]. The van der Waals surface area contributed by atoms with Crippen LogP contribution in [0.25, 0.3) is 16.9 Å². The maximum Gasteiger partial charge on any atom is 2.00 e. The van der Waals surface area contributed by atoms with E-state index in [1.807, 2.05) is 0 Å². The molecule has 0 amide bonds. The zero-order valence-corrected chi connectivity index (χ0v) is 34.8. The molecule has 2 aromatic carbocycles. The van der Waals surface area contributed by atoms with Crippen LogP contribution >= 0.6 is 0 Å². The summed E-state index contributed by atoms with van der Waals surface area (Å²) in [7, 11) is 0. The molecule has 3 heteroatoms. The van der Waals surface area contributed by atoms with E-state index in [0.717, 1.165) is 54.6 Å². The largest absolute Gasteiger partial charge is 2.00 e. The van der Waals surface area contributed by atoms with E-state index in [1.165, 1.54) is 125 Å². The molecule has 0 unspecified atom stereocenters. The van der Waals surface area contributed by atoms with Crippen molar-refractivity contribution in [1.29, 1.82) is 0 Å². The minimum Gasteiger partial charge on any atom is -0.493 e. The summed E-state index contributed by atoms with van der Waals surface area (Å²) in [6, 6.07) is 17.9. The van der Waals surface area contributed by atoms with E-state index in [0.29, 0.717) is 0 Å². The molecule has 0 atom stereocenters. The van der Waals surface area contributed by atoms with Crippen LogP contribution in [0.2, 0.25) is 0 Å². The molecule has 0 radical (unpaired) electrons. The van der Waals surface area contributed by atoms with Crippen LogP contribution in [0.15, 0.2) is 71.8 Å². The Morgan fingerprint density at radius 3 is 1.48 bits per heavy atom. The predicted molar refractivity (Wildman–Crippen MR) is 219 cm³/mol. The first-order valence-corrected chi connectivity index (χ1v) is 20.4. The standard InChI is InChI=1S/C43H64N2.2C2H5.Pd/c1-5-9-13-15-16-17-18-19-20-21-23-33-41-40(32-22-14-10-6-2)42(38-30-24-28-36(34-38)26-11-7-3)45(44)43(41)39-31-25-29-37(35-39)27-12-8-4;2*1-2;/h23-25,28-31,33-35H,5-22,26-27,32H2,1-4H3;2*1H2,2H3;/q;2*-1;+2. The van der Waals surface area contributed by atoms with Gasteiger partial charge in [-0.25, -0.2) is 4.70 Å². The third-order valence-corrected chi connectivity index (χ3v) is 9.37. The van der Waals surface area contributed by atoms with Gasteiger partial charge in [0.1, 0.15) is 0 Å². The van der Waals surface area contributed by atoms with Crippen molar-refractivity contribution in [1.82, 2.24) is 0 Å². The van der Waals surface area contributed by atoms with Crippen LogP contribution in [0.4, 0.5) is 0 Å². The van der Waals surface area contributed by atoms with Crippen molar-refractivity contribution in [3.63, 3.8) is 0 Å². The molecule has 0 saturated heterocycles. The van der Waals surface area contributed by atoms with Gasteiger partial charge in [-0.3, -0.25) is 0 Å². The molecule has 0 saturated carbocycles. The smallest absolute Gasteiger partial charge is 0.493 e. The van der Waals surface area contributed by atoms with Crippen LogP contribution in [0.5, 0.6) is 0 Å². The minimum atomic E-state index is 0. The average molecular weight is 774 g/mol. The second kappa shape index (κ2) is 31.6. The van der Waals surface area contributed by atoms with Gasteiger partial charge in [0.2, 0.25) is 11.4 Å². The Morgan fingerprint density at radius 2 is 0.980 bits per heavy atom. The van der Waals surface area contributed by atoms with Crippen LogP contribution in [0, 0.1) is 13.8 Å². The fourth-order valence-electron chi connectivity index (χ4n) is 6.64. The van der Waals surface area contributed by atoms with Crippen molar-refractivity contribution in [3.05, 3.63) is 113 Å². The molecule has 3 rings (SSSR count). The van der Waals surface area contributed by atoms with E-state index in [2.05, 4.69) is 102 Å². The molecule has 0 fully saturated rings. The number of nitrogens with zero attached hydrogens (tertiary/aromatic N) is 2. The fourth-order valence-corrected chi connectivity index (χ4v) is 6.64. The third-order valence-electron chi connectivity index (χ3n) is 9.37. The second-order valence-electron chi connectivity index (χ2n) is 13.3. The van der Waals surface area contributed by atoms with E-state index in [-0.39, 0.29) is 20.4 Å². The third kappa shape index (κ3) is 17.4. The minimum absolute atomic E-state index is 0. The Labute approximate surface area is 324 Å². The summed E-state index contributed by atoms with van der Waals surface area (Å²) in [5.41, 5.74) is 21.5. The van der Waals surface area contributed by atoms with Gasteiger partial charge in [0, 0.05) is 16.7 Å². The summed E-state index contributed by atoms with van der Waals surface area (Å²) in [6.07, 6.45) is 30.8. The van der Waals surface area contributed by atoms with Gasteiger partial charge in [-0.05, 0) is 86.8 Å². The van der Waals surface area contributed by atoms with Gasteiger partial charge in [0.05, 0.1) is 5.57 Å². The number of aryl methyl sites for hydroxylation is 2. The van der Waals surface area contributed by atoms with Gasteiger partial charge in [0.15, 0.2) is 0 Å². The Bertz CT molecular complexity index is 1250. The first-order valence-electron chi connectivity index (χ1n) is 20.4. The molecule has 282 valence electrons. The van der Waals surface area contributed by atoms with Crippen molar-refractivity contribution in [2.24, 2.45) is 0 Å². The number of hydrogen-bond acceptors (Lipinski definition) is 0.